The van der Waals surface area contributed by atoms with Crippen LogP contribution in [0.4, 0.5) is 0 Å². The SMILES string of the molecule is C[C@@H](C#N)c1ccco1. The Bertz CT molecular complexity index is 207. The van der Waals surface area contributed by atoms with Crippen molar-refractivity contribution in [2.75, 3.05) is 0 Å². The van der Waals surface area contributed by atoms with Crippen LogP contribution in [0.25, 0.3) is 0 Å². The van der Waals surface area contributed by atoms with Crippen LogP contribution < -0.4 is 0 Å². The molecule has 2 heteroatoms. The lowest BCUT2D eigenvalue weighted by molar-refractivity contribution is 0.502. The molecular formula is C7H7NO. The molecule has 0 aromatic carbocycles. The van der Waals surface area contributed by atoms with Crippen molar-refractivity contribution in [3.05, 3.63) is 24.2 Å². The predicted molar refractivity (Wildman–Crippen MR) is 32.7 cm³/mol. The van der Waals surface area contributed by atoms with Crippen LogP contribution in [0.2, 0.25) is 0 Å². The third-order valence-corrected chi connectivity index (χ3v) is 1.16. The van der Waals surface area contributed by atoms with Gasteiger partial charge in [-0.05, 0) is 19.1 Å². The molecule has 0 unspecified atom stereocenters. The lowest BCUT2D eigenvalue weighted by Crippen LogP contribution is -1.83. The van der Waals surface area contributed by atoms with Crippen LogP contribution in [0, 0.1) is 11.3 Å². The Morgan fingerprint density at radius 1 is 1.78 bits per heavy atom. The van der Waals surface area contributed by atoms with Crippen LogP contribution in [0.5, 0.6) is 0 Å². The molecule has 0 amide bonds. The number of rotatable bonds is 1. The van der Waals surface area contributed by atoms with Crippen molar-refractivity contribution < 1.29 is 4.42 Å². The molecule has 0 bridgehead atoms. The van der Waals surface area contributed by atoms with Crippen molar-refractivity contribution >= 4 is 0 Å². The lowest BCUT2D eigenvalue weighted by atomic mass is 10.1. The smallest absolute Gasteiger partial charge is 0.120 e. The first kappa shape index (κ1) is 5.90. The molecule has 0 aliphatic rings. The Labute approximate surface area is 53.7 Å². The van der Waals surface area contributed by atoms with Crippen molar-refractivity contribution in [1.82, 2.24) is 0 Å². The van der Waals surface area contributed by atoms with Gasteiger partial charge in [0.1, 0.15) is 11.7 Å². The predicted octanol–water partition coefficient (Wildman–Crippen LogP) is 1.91. The molecular weight excluding hydrogens is 114 g/mol. The molecule has 9 heavy (non-hydrogen) atoms. The molecule has 2 nitrogen and oxygen atoms in total. The van der Waals surface area contributed by atoms with Gasteiger partial charge in [-0.1, -0.05) is 0 Å². The number of furan rings is 1. The Hall–Kier alpha value is -1.23. The average Bonchev–Trinajstić information content (AvgIpc) is 2.37. The fraction of sp³-hybridized carbons (Fsp3) is 0.286. The summed E-state index contributed by atoms with van der Waals surface area (Å²) in [5, 5.41) is 8.40. The second kappa shape index (κ2) is 2.36. The van der Waals surface area contributed by atoms with Gasteiger partial charge < -0.3 is 4.42 Å². The molecule has 0 fully saturated rings. The highest BCUT2D eigenvalue weighted by molar-refractivity contribution is 5.11. The van der Waals surface area contributed by atoms with Crippen LogP contribution in [-0.2, 0) is 0 Å². The average molecular weight is 121 g/mol. The van der Waals surface area contributed by atoms with Gasteiger partial charge in [-0.25, -0.2) is 0 Å². The molecule has 1 aromatic rings. The van der Waals surface area contributed by atoms with Crippen LogP contribution in [0.15, 0.2) is 22.8 Å². The monoisotopic (exact) mass is 121 g/mol. The summed E-state index contributed by atoms with van der Waals surface area (Å²) in [6.07, 6.45) is 1.57. The minimum atomic E-state index is -0.125. The van der Waals surface area contributed by atoms with Gasteiger partial charge in [0.25, 0.3) is 0 Å². The largest absolute Gasteiger partial charge is 0.468 e. The van der Waals surface area contributed by atoms with Gasteiger partial charge >= 0.3 is 0 Å². The van der Waals surface area contributed by atoms with E-state index in [0.29, 0.717) is 0 Å². The van der Waals surface area contributed by atoms with Crippen molar-refractivity contribution in [3.63, 3.8) is 0 Å². The van der Waals surface area contributed by atoms with Crippen molar-refractivity contribution in [2.45, 2.75) is 12.8 Å². The van der Waals surface area contributed by atoms with E-state index in [4.69, 9.17) is 9.68 Å². The summed E-state index contributed by atoms with van der Waals surface area (Å²) in [4.78, 5) is 0. The summed E-state index contributed by atoms with van der Waals surface area (Å²) in [6.45, 7) is 1.80. The molecule has 0 aliphatic heterocycles. The fourth-order valence-electron chi connectivity index (χ4n) is 0.601. The van der Waals surface area contributed by atoms with Gasteiger partial charge in [0.05, 0.1) is 12.3 Å². The van der Waals surface area contributed by atoms with Crippen LogP contribution in [0.1, 0.15) is 18.6 Å². The number of nitrogens with zero attached hydrogens (tertiary/aromatic N) is 1. The van der Waals surface area contributed by atoms with Crippen molar-refractivity contribution in [1.29, 1.82) is 5.26 Å². The first-order valence-corrected chi connectivity index (χ1v) is 2.77. The highest BCUT2D eigenvalue weighted by atomic mass is 16.3. The highest BCUT2D eigenvalue weighted by Crippen LogP contribution is 2.12. The van der Waals surface area contributed by atoms with Gasteiger partial charge in [0, 0.05) is 0 Å². The van der Waals surface area contributed by atoms with E-state index in [-0.39, 0.29) is 5.92 Å². The zero-order valence-electron chi connectivity index (χ0n) is 5.16. The molecule has 0 radical (unpaired) electrons. The van der Waals surface area contributed by atoms with Gasteiger partial charge in [-0.2, -0.15) is 5.26 Å². The second-order valence-electron chi connectivity index (χ2n) is 1.87. The summed E-state index contributed by atoms with van der Waals surface area (Å²) >= 11 is 0. The van der Waals surface area contributed by atoms with E-state index >= 15 is 0 Å². The first-order chi connectivity index (χ1) is 4.34. The number of nitriles is 1. The van der Waals surface area contributed by atoms with E-state index in [1.165, 1.54) is 0 Å². The summed E-state index contributed by atoms with van der Waals surface area (Å²) in [5.74, 6) is 0.609. The van der Waals surface area contributed by atoms with E-state index in [1.807, 2.05) is 0 Å². The molecule has 1 heterocycles. The maximum absolute atomic E-state index is 8.40. The minimum Gasteiger partial charge on any atom is -0.468 e. The van der Waals surface area contributed by atoms with Gasteiger partial charge in [0.15, 0.2) is 0 Å². The third kappa shape index (κ3) is 1.11. The highest BCUT2D eigenvalue weighted by Gasteiger charge is 2.03. The quantitative estimate of drug-likeness (QED) is 0.569. The van der Waals surface area contributed by atoms with Gasteiger partial charge in [0.2, 0.25) is 0 Å². The van der Waals surface area contributed by atoms with Crippen LogP contribution >= 0.6 is 0 Å². The summed E-state index contributed by atoms with van der Waals surface area (Å²) in [7, 11) is 0. The standard InChI is InChI=1S/C7H7NO/c1-6(5-8)7-3-2-4-9-7/h2-4,6H,1H3/t6-/m0/s1. The molecule has 0 spiro atoms. The van der Waals surface area contributed by atoms with Gasteiger partial charge in [-0.3, -0.25) is 0 Å². The van der Waals surface area contributed by atoms with E-state index in [1.54, 1.807) is 25.3 Å². The maximum atomic E-state index is 8.40. The second-order valence-corrected chi connectivity index (χ2v) is 1.87. The summed E-state index contributed by atoms with van der Waals surface area (Å²) in [5.41, 5.74) is 0. The van der Waals surface area contributed by atoms with E-state index in [9.17, 15) is 0 Å². The summed E-state index contributed by atoms with van der Waals surface area (Å²) in [6, 6.07) is 5.65. The zero-order valence-corrected chi connectivity index (χ0v) is 5.16. The molecule has 1 atom stereocenters. The molecule has 1 aromatic heterocycles. The Kier molecular flexibility index (Phi) is 1.55. The Morgan fingerprint density at radius 2 is 2.56 bits per heavy atom. The minimum absolute atomic E-state index is 0.125. The normalized spacial score (nSPS) is 12.4. The Morgan fingerprint density at radius 3 is 3.00 bits per heavy atom. The summed E-state index contributed by atoms with van der Waals surface area (Å²) < 4.78 is 4.96. The maximum Gasteiger partial charge on any atom is 0.120 e. The third-order valence-electron chi connectivity index (χ3n) is 1.16. The van der Waals surface area contributed by atoms with Crippen molar-refractivity contribution in [3.8, 4) is 6.07 Å². The molecule has 0 saturated carbocycles. The zero-order chi connectivity index (χ0) is 6.69. The molecule has 0 N–H and O–H groups in total. The van der Waals surface area contributed by atoms with Crippen molar-refractivity contribution in [2.24, 2.45) is 0 Å². The molecule has 46 valence electrons. The topological polar surface area (TPSA) is 36.9 Å². The number of hydrogen-bond acceptors (Lipinski definition) is 2. The fourth-order valence-corrected chi connectivity index (χ4v) is 0.601. The van der Waals surface area contributed by atoms with Gasteiger partial charge in [-0.15, -0.1) is 0 Å². The number of hydrogen-bond donors (Lipinski definition) is 0. The first-order valence-electron chi connectivity index (χ1n) is 2.77. The molecule has 1 rings (SSSR count). The molecule has 0 saturated heterocycles. The Balaban J connectivity index is 2.80. The van der Waals surface area contributed by atoms with E-state index < -0.39 is 0 Å². The van der Waals surface area contributed by atoms with E-state index in [0.717, 1.165) is 5.76 Å². The molecule has 0 aliphatic carbocycles. The van der Waals surface area contributed by atoms with E-state index in [2.05, 4.69) is 6.07 Å². The van der Waals surface area contributed by atoms with Crippen LogP contribution in [-0.4, -0.2) is 0 Å². The lowest BCUT2D eigenvalue weighted by Gasteiger charge is -1.92. The van der Waals surface area contributed by atoms with Crippen LogP contribution in [0.3, 0.4) is 0 Å².